The summed E-state index contributed by atoms with van der Waals surface area (Å²) >= 11 is 0. The summed E-state index contributed by atoms with van der Waals surface area (Å²) < 4.78 is 5.80. The largest absolute Gasteiger partial charge is 0.421 e. The molecule has 0 radical (unpaired) electrons. The molecule has 32 heavy (non-hydrogen) atoms. The first-order valence-corrected chi connectivity index (χ1v) is 11.1. The molecule has 4 aromatic rings. The van der Waals surface area contributed by atoms with Gasteiger partial charge in [-0.25, -0.2) is 0 Å². The van der Waals surface area contributed by atoms with Crippen LogP contribution in [0.5, 0.6) is 0 Å². The van der Waals surface area contributed by atoms with Gasteiger partial charge in [0.1, 0.15) is 0 Å². The van der Waals surface area contributed by atoms with Crippen molar-refractivity contribution >= 4 is 5.91 Å². The SMILES string of the molecule is CCCC(NC(=O)CCc1nnc(-c2ccc(-c3ccccc3)cc2)o1)c1ccccc1. The predicted octanol–water partition coefficient (Wildman–Crippen LogP) is 5.99. The van der Waals surface area contributed by atoms with E-state index < -0.39 is 0 Å². The van der Waals surface area contributed by atoms with Gasteiger partial charge in [0.05, 0.1) is 6.04 Å². The Morgan fingerprint density at radius 1 is 0.844 bits per heavy atom. The summed E-state index contributed by atoms with van der Waals surface area (Å²) in [6.45, 7) is 2.12. The van der Waals surface area contributed by atoms with E-state index in [1.54, 1.807) is 0 Å². The Hall–Kier alpha value is -3.73. The molecule has 0 bridgehead atoms. The Balaban J connectivity index is 1.34. The number of amides is 1. The first-order chi connectivity index (χ1) is 15.7. The molecule has 1 N–H and O–H groups in total. The van der Waals surface area contributed by atoms with Crippen LogP contribution in [-0.4, -0.2) is 16.1 Å². The zero-order valence-electron chi connectivity index (χ0n) is 18.2. The van der Waals surface area contributed by atoms with Crippen molar-refractivity contribution in [3.05, 3.63) is 96.4 Å². The van der Waals surface area contributed by atoms with Gasteiger partial charge in [0, 0.05) is 18.4 Å². The Morgan fingerprint density at radius 3 is 2.16 bits per heavy atom. The van der Waals surface area contributed by atoms with E-state index in [4.69, 9.17) is 4.42 Å². The smallest absolute Gasteiger partial charge is 0.247 e. The number of carbonyl (C=O) groups is 1. The minimum absolute atomic E-state index is 0.0146. The van der Waals surface area contributed by atoms with E-state index in [2.05, 4.69) is 34.6 Å². The molecule has 0 aliphatic rings. The number of nitrogens with zero attached hydrogens (tertiary/aromatic N) is 2. The molecule has 0 fully saturated rings. The van der Waals surface area contributed by atoms with Gasteiger partial charge >= 0.3 is 0 Å². The number of nitrogens with one attached hydrogen (secondary N) is 1. The van der Waals surface area contributed by atoms with Crippen LogP contribution in [0.1, 0.15) is 43.7 Å². The Morgan fingerprint density at radius 2 is 1.47 bits per heavy atom. The third-order valence-electron chi connectivity index (χ3n) is 5.39. The van der Waals surface area contributed by atoms with E-state index in [9.17, 15) is 4.79 Å². The van der Waals surface area contributed by atoms with Gasteiger partial charge in [0.15, 0.2) is 0 Å². The van der Waals surface area contributed by atoms with Gasteiger partial charge in [-0.1, -0.05) is 86.1 Å². The molecule has 1 aromatic heterocycles. The van der Waals surface area contributed by atoms with Crippen molar-refractivity contribution in [2.45, 2.75) is 38.6 Å². The van der Waals surface area contributed by atoms with Gasteiger partial charge in [0.25, 0.3) is 0 Å². The summed E-state index contributed by atoms with van der Waals surface area (Å²) in [5, 5.41) is 11.4. The van der Waals surface area contributed by atoms with Crippen LogP contribution in [0, 0.1) is 0 Å². The normalized spacial score (nSPS) is 11.8. The van der Waals surface area contributed by atoms with Crippen molar-refractivity contribution in [2.24, 2.45) is 0 Å². The van der Waals surface area contributed by atoms with Gasteiger partial charge in [0.2, 0.25) is 17.7 Å². The molecule has 162 valence electrons. The zero-order chi connectivity index (χ0) is 22.2. The fraction of sp³-hybridized carbons (Fsp3) is 0.222. The summed E-state index contributed by atoms with van der Waals surface area (Å²) in [6.07, 6.45) is 2.62. The number of carbonyl (C=O) groups excluding carboxylic acids is 1. The number of hydrogen-bond donors (Lipinski definition) is 1. The maximum atomic E-state index is 12.5. The topological polar surface area (TPSA) is 68.0 Å². The van der Waals surface area contributed by atoms with Crippen LogP contribution in [0.25, 0.3) is 22.6 Å². The Bertz CT molecular complexity index is 1120. The number of aromatic nitrogens is 2. The van der Waals surface area contributed by atoms with E-state index >= 15 is 0 Å². The van der Waals surface area contributed by atoms with Crippen molar-refractivity contribution in [1.82, 2.24) is 15.5 Å². The van der Waals surface area contributed by atoms with E-state index in [0.29, 0.717) is 24.6 Å². The molecule has 1 amide bonds. The summed E-state index contributed by atoms with van der Waals surface area (Å²) in [5.74, 6) is 0.918. The Labute approximate surface area is 188 Å². The fourth-order valence-electron chi connectivity index (χ4n) is 3.69. The zero-order valence-corrected chi connectivity index (χ0v) is 18.2. The molecule has 0 aliphatic carbocycles. The number of aryl methyl sites for hydroxylation is 1. The van der Waals surface area contributed by atoms with Crippen LogP contribution in [0.3, 0.4) is 0 Å². The molecule has 0 spiro atoms. The lowest BCUT2D eigenvalue weighted by Gasteiger charge is -2.18. The maximum Gasteiger partial charge on any atom is 0.247 e. The molecule has 1 heterocycles. The lowest BCUT2D eigenvalue weighted by molar-refractivity contribution is -0.121. The average Bonchev–Trinajstić information content (AvgIpc) is 3.33. The lowest BCUT2D eigenvalue weighted by Crippen LogP contribution is -2.28. The highest BCUT2D eigenvalue weighted by molar-refractivity contribution is 5.76. The number of rotatable bonds is 9. The first kappa shape index (κ1) is 21.5. The molecule has 0 saturated heterocycles. The summed E-state index contributed by atoms with van der Waals surface area (Å²) in [5.41, 5.74) is 4.28. The van der Waals surface area contributed by atoms with Crippen molar-refractivity contribution in [2.75, 3.05) is 0 Å². The van der Waals surface area contributed by atoms with E-state index in [1.807, 2.05) is 72.8 Å². The minimum Gasteiger partial charge on any atom is -0.421 e. The number of benzene rings is 3. The first-order valence-electron chi connectivity index (χ1n) is 11.1. The minimum atomic E-state index is -0.0146. The molecule has 5 heteroatoms. The molecular weight excluding hydrogens is 398 g/mol. The number of hydrogen-bond acceptors (Lipinski definition) is 4. The molecule has 4 rings (SSSR count). The monoisotopic (exact) mass is 425 g/mol. The van der Waals surface area contributed by atoms with Crippen molar-refractivity contribution in [1.29, 1.82) is 0 Å². The van der Waals surface area contributed by atoms with Gasteiger partial charge in [-0.2, -0.15) is 0 Å². The second kappa shape index (κ2) is 10.5. The van der Waals surface area contributed by atoms with Crippen molar-refractivity contribution < 1.29 is 9.21 Å². The molecular formula is C27H27N3O2. The average molecular weight is 426 g/mol. The highest BCUT2D eigenvalue weighted by Gasteiger charge is 2.15. The highest BCUT2D eigenvalue weighted by Crippen LogP contribution is 2.24. The van der Waals surface area contributed by atoms with Crippen LogP contribution >= 0.6 is 0 Å². The van der Waals surface area contributed by atoms with Crippen molar-refractivity contribution in [3.8, 4) is 22.6 Å². The van der Waals surface area contributed by atoms with Crippen LogP contribution in [0.15, 0.2) is 89.3 Å². The maximum absolute atomic E-state index is 12.5. The lowest BCUT2D eigenvalue weighted by atomic mass is 10.0. The molecule has 1 unspecified atom stereocenters. The van der Waals surface area contributed by atoms with Gasteiger partial charge in [-0.15, -0.1) is 10.2 Å². The van der Waals surface area contributed by atoms with Crippen LogP contribution in [-0.2, 0) is 11.2 Å². The third-order valence-corrected chi connectivity index (χ3v) is 5.39. The van der Waals surface area contributed by atoms with Crippen LogP contribution in [0.4, 0.5) is 0 Å². The molecule has 3 aromatic carbocycles. The van der Waals surface area contributed by atoms with Gasteiger partial charge in [-0.05, 0) is 35.2 Å². The van der Waals surface area contributed by atoms with E-state index in [0.717, 1.165) is 35.1 Å². The van der Waals surface area contributed by atoms with Gasteiger partial charge < -0.3 is 9.73 Å². The molecule has 5 nitrogen and oxygen atoms in total. The second-order valence-electron chi connectivity index (χ2n) is 7.76. The summed E-state index contributed by atoms with van der Waals surface area (Å²) in [7, 11) is 0. The van der Waals surface area contributed by atoms with Gasteiger partial charge in [-0.3, -0.25) is 4.79 Å². The molecule has 0 aliphatic heterocycles. The molecule has 1 atom stereocenters. The standard InChI is InChI=1S/C27H27N3O2/c1-2-9-24(22-12-7-4-8-13-22)28-25(31)18-19-26-29-30-27(32-26)23-16-14-21(15-17-23)20-10-5-3-6-11-20/h3-8,10-17,24H,2,9,18-19H2,1H3,(H,28,31). The predicted molar refractivity (Wildman–Crippen MR) is 126 cm³/mol. The fourth-order valence-corrected chi connectivity index (χ4v) is 3.69. The third kappa shape index (κ3) is 5.49. The van der Waals surface area contributed by atoms with E-state index in [1.165, 1.54) is 0 Å². The molecule has 0 saturated carbocycles. The summed E-state index contributed by atoms with van der Waals surface area (Å²) in [6, 6.07) is 28.3. The van der Waals surface area contributed by atoms with Crippen LogP contribution < -0.4 is 5.32 Å². The highest BCUT2D eigenvalue weighted by atomic mass is 16.4. The van der Waals surface area contributed by atoms with Crippen molar-refractivity contribution in [3.63, 3.8) is 0 Å². The Kier molecular flexibility index (Phi) is 7.08. The summed E-state index contributed by atoms with van der Waals surface area (Å²) in [4.78, 5) is 12.5. The quantitative estimate of drug-likeness (QED) is 0.357. The second-order valence-corrected chi connectivity index (χ2v) is 7.76. The van der Waals surface area contributed by atoms with Crippen LogP contribution in [0.2, 0.25) is 0 Å². The van der Waals surface area contributed by atoms with E-state index in [-0.39, 0.29) is 11.9 Å².